The minimum absolute atomic E-state index is 0.0559. The number of aromatic nitrogens is 1. The fourth-order valence-electron chi connectivity index (χ4n) is 2.45. The first-order valence-electron chi connectivity index (χ1n) is 6.01. The number of rotatable bonds is 2. The highest BCUT2D eigenvalue weighted by molar-refractivity contribution is 5.97. The van der Waals surface area contributed by atoms with Gasteiger partial charge in [-0.3, -0.25) is 9.59 Å². The fraction of sp³-hybridized carbons (Fsp3) is 0.538. The molecule has 0 N–H and O–H groups in total. The van der Waals surface area contributed by atoms with Crippen molar-refractivity contribution >= 4 is 5.78 Å². The molecule has 0 spiro atoms. The Hall–Kier alpha value is -1.38. The van der Waals surface area contributed by atoms with Crippen molar-refractivity contribution < 1.29 is 4.79 Å². The zero-order valence-electron chi connectivity index (χ0n) is 9.24. The number of ketones is 1. The van der Waals surface area contributed by atoms with E-state index in [9.17, 15) is 9.59 Å². The molecule has 0 aromatic carbocycles. The highest BCUT2D eigenvalue weighted by Gasteiger charge is 2.26. The number of fused-ring (bicyclic) bond motifs is 1. The van der Waals surface area contributed by atoms with Crippen LogP contribution in [0.5, 0.6) is 0 Å². The highest BCUT2D eigenvalue weighted by atomic mass is 16.1. The monoisotopic (exact) mass is 217 g/mol. The Kier molecular flexibility index (Phi) is 2.20. The van der Waals surface area contributed by atoms with E-state index in [0.717, 1.165) is 30.6 Å². The third kappa shape index (κ3) is 1.60. The summed E-state index contributed by atoms with van der Waals surface area (Å²) in [5, 5.41) is 0. The molecule has 3 nitrogen and oxygen atoms in total. The average molecular weight is 217 g/mol. The molecule has 0 saturated heterocycles. The predicted octanol–water partition coefficient (Wildman–Crippen LogP) is 1.78. The van der Waals surface area contributed by atoms with Crippen molar-refractivity contribution in [3.8, 4) is 0 Å². The molecule has 0 unspecified atom stereocenters. The molecule has 0 amide bonds. The molecule has 0 radical (unpaired) electrons. The minimum atomic E-state index is 0.0559. The predicted molar refractivity (Wildman–Crippen MR) is 60.7 cm³/mol. The van der Waals surface area contributed by atoms with Gasteiger partial charge < -0.3 is 4.57 Å². The molecule has 1 aromatic rings. The molecular formula is C13H15NO2. The van der Waals surface area contributed by atoms with Gasteiger partial charge in [-0.05, 0) is 37.7 Å². The van der Waals surface area contributed by atoms with Gasteiger partial charge in [-0.2, -0.15) is 0 Å². The topological polar surface area (TPSA) is 39.1 Å². The first kappa shape index (κ1) is 9.82. The van der Waals surface area contributed by atoms with Gasteiger partial charge in [-0.15, -0.1) is 0 Å². The largest absolute Gasteiger partial charge is 0.312 e. The molecule has 1 aromatic heterocycles. The molecule has 3 rings (SSSR count). The summed E-state index contributed by atoms with van der Waals surface area (Å²) in [4.78, 5) is 23.5. The van der Waals surface area contributed by atoms with Crippen LogP contribution in [0.2, 0.25) is 0 Å². The van der Waals surface area contributed by atoms with E-state index in [1.165, 1.54) is 12.8 Å². The average Bonchev–Trinajstić information content (AvgIpc) is 3.07. The summed E-state index contributed by atoms with van der Waals surface area (Å²) in [6.07, 6.45) is 4.85. The second-order valence-electron chi connectivity index (χ2n) is 4.86. The van der Waals surface area contributed by atoms with Crippen LogP contribution in [-0.2, 0) is 13.0 Å². The maximum Gasteiger partial charge on any atom is 0.250 e. The molecule has 16 heavy (non-hydrogen) atoms. The Labute approximate surface area is 94.1 Å². The molecular weight excluding hydrogens is 202 g/mol. The van der Waals surface area contributed by atoms with E-state index in [1.54, 1.807) is 12.1 Å². The van der Waals surface area contributed by atoms with Gasteiger partial charge in [0, 0.05) is 30.3 Å². The molecule has 3 heteroatoms. The van der Waals surface area contributed by atoms with E-state index in [2.05, 4.69) is 0 Å². The quantitative estimate of drug-likeness (QED) is 0.757. The van der Waals surface area contributed by atoms with E-state index in [1.807, 2.05) is 4.57 Å². The van der Waals surface area contributed by atoms with E-state index in [4.69, 9.17) is 0 Å². The summed E-state index contributed by atoms with van der Waals surface area (Å²) in [6, 6.07) is 3.26. The van der Waals surface area contributed by atoms with E-state index in [0.29, 0.717) is 12.3 Å². The van der Waals surface area contributed by atoms with E-state index in [-0.39, 0.29) is 11.3 Å². The number of hydrogen-bond acceptors (Lipinski definition) is 2. The summed E-state index contributed by atoms with van der Waals surface area (Å²) in [6.45, 7) is 0.815. The third-order valence-electron chi connectivity index (χ3n) is 3.55. The van der Waals surface area contributed by atoms with Crippen molar-refractivity contribution in [1.29, 1.82) is 0 Å². The van der Waals surface area contributed by atoms with Crippen LogP contribution in [0.4, 0.5) is 0 Å². The molecule has 2 aliphatic rings. The number of nitrogens with zero attached hydrogens (tertiary/aromatic N) is 1. The standard InChI is InChI=1S/C13H15NO2/c15-12-3-1-2-11-10(12)6-7-13(16)14(11)8-9-4-5-9/h6-7,9H,1-5,8H2. The molecule has 0 bridgehead atoms. The molecule has 1 heterocycles. The van der Waals surface area contributed by atoms with Gasteiger partial charge in [-0.1, -0.05) is 0 Å². The minimum Gasteiger partial charge on any atom is -0.312 e. The lowest BCUT2D eigenvalue weighted by Crippen LogP contribution is -2.28. The second kappa shape index (κ2) is 3.58. The third-order valence-corrected chi connectivity index (χ3v) is 3.55. The van der Waals surface area contributed by atoms with Gasteiger partial charge in [0.2, 0.25) is 0 Å². The molecule has 2 aliphatic carbocycles. The Bertz CT molecular complexity index is 497. The number of carbonyl (C=O) groups excluding carboxylic acids is 1. The zero-order chi connectivity index (χ0) is 11.1. The van der Waals surface area contributed by atoms with Crippen LogP contribution in [-0.4, -0.2) is 10.4 Å². The number of carbonyl (C=O) groups is 1. The van der Waals surface area contributed by atoms with Crippen molar-refractivity contribution in [2.75, 3.05) is 0 Å². The fourth-order valence-corrected chi connectivity index (χ4v) is 2.45. The molecule has 1 fully saturated rings. The number of pyridine rings is 1. The van der Waals surface area contributed by atoms with Crippen molar-refractivity contribution in [2.24, 2.45) is 5.92 Å². The van der Waals surface area contributed by atoms with Crippen molar-refractivity contribution in [2.45, 2.75) is 38.6 Å². The van der Waals surface area contributed by atoms with E-state index < -0.39 is 0 Å². The summed E-state index contributed by atoms with van der Waals surface area (Å²) in [5.74, 6) is 0.868. The second-order valence-corrected chi connectivity index (χ2v) is 4.86. The van der Waals surface area contributed by atoms with Gasteiger partial charge in [0.15, 0.2) is 5.78 Å². The zero-order valence-corrected chi connectivity index (χ0v) is 9.24. The first-order chi connectivity index (χ1) is 7.75. The van der Waals surface area contributed by atoms with Gasteiger partial charge in [0.25, 0.3) is 5.56 Å². The lowest BCUT2D eigenvalue weighted by molar-refractivity contribution is 0.0970. The smallest absolute Gasteiger partial charge is 0.250 e. The maximum atomic E-state index is 11.8. The maximum absolute atomic E-state index is 11.8. The highest BCUT2D eigenvalue weighted by Crippen LogP contribution is 2.31. The summed E-state index contributed by atoms with van der Waals surface area (Å²) >= 11 is 0. The van der Waals surface area contributed by atoms with Crippen LogP contribution in [0.1, 0.15) is 41.7 Å². The lowest BCUT2D eigenvalue weighted by atomic mass is 9.94. The Balaban J connectivity index is 2.09. The van der Waals surface area contributed by atoms with Gasteiger partial charge in [0.05, 0.1) is 0 Å². The van der Waals surface area contributed by atoms with Crippen molar-refractivity contribution in [1.82, 2.24) is 4.57 Å². The summed E-state index contributed by atoms with van der Waals surface area (Å²) < 4.78 is 1.84. The Morgan fingerprint density at radius 2 is 2.00 bits per heavy atom. The molecule has 84 valence electrons. The van der Waals surface area contributed by atoms with E-state index >= 15 is 0 Å². The molecule has 0 atom stereocenters. The van der Waals surface area contributed by atoms with Crippen LogP contribution in [0.3, 0.4) is 0 Å². The number of Topliss-reactive ketones (excluding diaryl/α,β-unsaturated/α-hetero) is 1. The van der Waals surface area contributed by atoms with Crippen molar-refractivity contribution in [3.05, 3.63) is 33.7 Å². The van der Waals surface area contributed by atoms with Crippen LogP contribution in [0, 0.1) is 5.92 Å². The van der Waals surface area contributed by atoms with Crippen LogP contribution < -0.4 is 5.56 Å². The Morgan fingerprint density at radius 3 is 2.75 bits per heavy atom. The van der Waals surface area contributed by atoms with Crippen molar-refractivity contribution in [3.63, 3.8) is 0 Å². The van der Waals surface area contributed by atoms with Crippen LogP contribution in [0.15, 0.2) is 16.9 Å². The van der Waals surface area contributed by atoms with Gasteiger partial charge in [0.1, 0.15) is 0 Å². The van der Waals surface area contributed by atoms with Gasteiger partial charge >= 0.3 is 0 Å². The Morgan fingerprint density at radius 1 is 1.19 bits per heavy atom. The van der Waals surface area contributed by atoms with Crippen LogP contribution >= 0.6 is 0 Å². The summed E-state index contributed by atoms with van der Waals surface area (Å²) in [7, 11) is 0. The van der Waals surface area contributed by atoms with Gasteiger partial charge in [-0.25, -0.2) is 0 Å². The molecule has 0 aliphatic heterocycles. The molecule has 1 saturated carbocycles. The van der Waals surface area contributed by atoms with Crippen LogP contribution in [0.25, 0.3) is 0 Å². The SMILES string of the molecule is O=C1CCCc2c1ccc(=O)n2CC1CC1. The lowest BCUT2D eigenvalue weighted by Gasteiger charge is -2.19. The first-order valence-corrected chi connectivity index (χ1v) is 6.01. The summed E-state index contributed by atoms with van der Waals surface area (Å²) in [5.41, 5.74) is 1.82. The number of hydrogen-bond donors (Lipinski definition) is 0. The normalized spacial score (nSPS) is 19.6.